The number of carbonyl (C=O) groups excluding carboxylic acids is 1. The van der Waals surface area contributed by atoms with Crippen LogP contribution >= 0.6 is 0 Å². The highest BCUT2D eigenvalue weighted by atomic mass is 19.4. The molecule has 134 valence electrons. The Balaban J connectivity index is 1.77. The number of anilines is 1. The standard InChI is InChI=1S/C16H23F3N4O/c17-16(18,19)13-3-1-4-14(11-13)23-9-7-22(8-10-23)6-2-5-21-15(24)12-20/h1,3-4,11H,2,5-10,12,20H2,(H,21,24). The third-order valence-electron chi connectivity index (χ3n) is 4.07. The number of carbonyl (C=O) groups is 1. The third kappa shape index (κ3) is 5.38. The number of nitrogens with one attached hydrogen (secondary N) is 1. The van der Waals surface area contributed by atoms with Gasteiger partial charge in [-0.05, 0) is 31.2 Å². The Labute approximate surface area is 139 Å². The molecule has 2 rings (SSSR count). The summed E-state index contributed by atoms with van der Waals surface area (Å²) in [6.07, 6.45) is -3.49. The summed E-state index contributed by atoms with van der Waals surface area (Å²) in [6, 6.07) is 5.46. The van der Waals surface area contributed by atoms with Crippen molar-refractivity contribution in [3.63, 3.8) is 0 Å². The monoisotopic (exact) mass is 344 g/mol. The molecule has 24 heavy (non-hydrogen) atoms. The van der Waals surface area contributed by atoms with E-state index in [2.05, 4.69) is 10.2 Å². The summed E-state index contributed by atoms with van der Waals surface area (Å²) in [7, 11) is 0. The first kappa shape index (κ1) is 18.5. The molecule has 1 aliphatic heterocycles. The maximum absolute atomic E-state index is 12.8. The van der Waals surface area contributed by atoms with Crippen molar-refractivity contribution in [2.45, 2.75) is 12.6 Å². The van der Waals surface area contributed by atoms with Crippen LogP contribution < -0.4 is 16.0 Å². The van der Waals surface area contributed by atoms with Crippen molar-refractivity contribution in [3.05, 3.63) is 29.8 Å². The Bertz CT molecular complexity index is 542. The molecule has 5 nitrogen and oxygen atoms in total. The average Bonchev–Trinajstić information content (AvgIpc) is 2.58. The molecule has 1 aromatic rings. The van der Waals surface area contributed by atoms with Crippen LogP contribution in [0.5, 0.6) is 0 Å². The van der Waals surface area contributed by atoms with Gasteiger partial charge >= 0.3 is 6.18 Å². The van der Waals surface area contributed by atoms with Gasteiger partial charge in [-0.3, -0.25) is 9.69 Å². The number of nitrogens with zero attached hydrogens (tertiary/aromatic N) is 2. The highest BCUT2D eigenvalue weighted by molar-refractivity contribution is 5.77. The highest BCUT2D eigenvalue weighted by Gasteiger charge is 2.31. The number of hydrogen-bond acceptors (Lipinski definition) is 4. The number of benzene rings is 1. The Morgan fingerprint density at radius 1 is 1.21 bits per heavy atom. The lowest BCUT2D eigenvalue weighted by molar-refractivity contribution is -0.137. The third-order valence-corrected chi connectivity index (χ3v) is 4.07. The lowest BCUT2D eigenvalue weighted by Crippen LogP contribution is -2.47. The fraction of sp³-hybridized carbons (Fsp3) is 0.562. The van der Waals surface area contributed by atoms with Crippen LogP contribution in [0, 0.1) is 0 Å². The molecular weight excluding hydrogens is 321 g/mol. The molecule has 0 saturated carbocycles. The molecule has 1 amide bonds. The largest absolute Gasteiger partial charge is 0.416 e. The van der Waals surface area contributed by atoms with Crippen LogP contribution in [-0.2, 0) is 11.0 Å². The quantitative estimate of drug-likeness (QED) is 0.764. The summed E-state index contributed by atoms with van der Waals surface area (Å²) in [4.78, 5) is 15.2. The van der Waals surface area contributed by atoms with Crippen LogP contribution in [0.2, 0.25) is 0 Å². The minimum absolute atomic E-state index is 0.00430. The minimum Gasteiger partial charge on any atom is -0.369 e. The van der Waals surface area contributed by atoms with Crippen LogP contribution in [0.25, 0.3) is 0 Å². The van der Waals surface area contributed by atoms with E-state index in [9.17, 15) is 18.0 Å². The Morgan fingerprint density at radius 2 is 1.92 bits per heavy atom. The van der Waals surface area contributed by atoms with Crippen LogP contribution in [-0.4, -0.2) is 56.6 Å². The Hall–Kier alpha value is -1.80. The van der Waals surface area contributed by atoms with Crippen LogP contribution in [0.3, 0.4) is 0 Å². The Morgan fingerprint density at radius 3 is 2.54 bits per heavy atom. The summed E-state index contributed by atoms with van der Waals surface area (Å²) < 4.78 is 38.4. The molecule has 0 atom stereocenters. The fourth-order valence-corrected chi connectivity index (χ4v) is 2.71. The van der Waals surface area contributed by atoms with Gasteiger partial charge < -0.3 is 16.0 Å². The van der Waals surface area contributed by atoms with Gasteiger partial charge in [0.1, 0.15) is 0 Å². The van der Waals surface area contributed by atoms with E-state index in [0.29, 0.717) is 25.3 Å². The first-order valence-corrected chi connectivity index (χ1v) is 8.01. The van der Waals surface area contributed by atoms with Gasteiger partial charge in [-0.1, -0.05) is 6.07 Å². The van der Waals surface area contributed by atoms with E-state index in [1.54, 1.807) is 6.07 Å². The highest BCUT2D eigenvalue weighted by Crippen LogP contribution is 2.31. The van der Waals surface area contributed by atoms with E-state index >= 15 is 0 Å². The maximum Gasteiger partial charge on any atom is 0.416 e. The molecular formula is C16H23F3N4O. The van der Waals surface area contributed by atoms with Crippen molar-refractivity contribution < 1.29 is 18.0 Å². The lowest BCUT2D eigenvalue weighted by Gasteiger charge is -2.36. The van der Waals surface area contributed by atoms with Crippen molar-refractivity contribution >= 4 is 11.6 Å². The molecule has 0 radical (unpaired) electrons. The van der Waals surface area contributed by atoms with E-state index in [-0.39, 0.29) is 12.5 Å². The van der Waals surface area contributed by atoms with E-state index < -0.39 is 11.7 Å². The zero-order valence-electron chi connectivity index (χ0n) is 13.5. The van der Waals surface area contributed by atoms with E-state index in [0.717, 1.165) is 32.1 Å². The summed E-state index contributed by atoms with van der Waals surface area (Å²) in [6.45, 7) is 4.40. The van der Waals surface area contributed by atoms with E-state index in [4.69, 9.17) is 5.73 Å². The zero-order valence-corrected chi connectivity index (χ0v) is 13.5. The maximum atomic E-state index is 12.8. The van der Waals surface area contributed by atoms with Crippen molar-refractivity contribution in [2.75, 3.05) is 50.7 Å². The molecule has 1 heterocycles. The molecule has 0 aromatic heterocycles. The second kappa shape index (κ2) is 8.34. The molecule has 0 bridgehead atoms. The summed E-state index contributed by atoms with van der Waals surface area (Å²) in [5.74, 6) is -0.163. The summed E-state index contributed by atoms with van der Waals surface area (Å²) in [5, 5.41) is 2.72. The minimum atomic E-state index is -4.31. The summed E-state index contributed by atoms with van der Waals surface area (Å²) >= 11 is 0. The van der Waals surface area contributed by atoms with E-state index in [1.165, 1.54) is 12.1 Å². The fourth-order valence-electron chi connectivity index (χ4n) is 2.71. The number of alkyl halides is 3. The van der Waals surface area contributed by atoms with Crippen LogP contribution in [0.4, 0.5) is 18.9 Å². The van der Waals surface area contributed by atoms with E-state index in [1.807, 2.05) is 4.90 Å². The second-order valence-corrected chi connectivity index (χ2v) is 5.78. The second-order valence-electron chi connectivity index (χ2n) is 5.78. The van der Waals surface area contributed by atoms with Gasteiger partial charge in [-0.2, -0.15) is 13.2 Å². The van der Waals surface area contributed by atoms with Crippen molar-refractivity contribution in [2.24, 2.45) is 5.73 Å². The zero-order chi connectivity index (χ0) is 17.6. The molecule has 8 heteroatoms. The average molecular weight is 344 g/mol. The van der Waals surface area contributed by atoms with Crippen molar-refractivity contribution in [3.8, 4) is 0 Å². The number of rotatable bonds is 6. The van der Waals surface area contributed by atoms with Gasteiger partial charge in [-0.25, -0.2) is 0 Å². The molecule has 0 aliphatic carbocycles. The first-order valence-electron chi connectivity index (χ1n) is 8.01. The molecule has 1 fully saturated rings. The Kier molecular flexibility index (Phi) is 6.44. The predicted octanol–water partition coefficient (Wildman–Crippen LogP) is 1.29. The van der Waals surface area contributed by atoms with Gasteiger partial charge in [0.25, 0.3) is 0 Å². The van der Waals surface area contributed by atoms with Crippen LogP contribution in [0.15, 0.2) is 24.3 Å². The first-order chi connectivity index (χ1) is 11.4. The smallest absolute Gasteiger partial charge is 0.369 e. The lowest BCUT2D eigenvalue weighted by atomic mass is 10.1. The molecule has 1 aliphatic rings. The molecule has 1 saturated heterocycles. The van der Waals surface area contributed by atoms with Gasteiger partial charge in [0, 0.05) is 38.4 Å². The van der Waals surface area contributed by atoms with Gasteiger partial charge in [0.05, 0.1) is 12.1 Å². The molecule has 0 spiro atoms. The number of piperazine rings is 1. The predicted molar refractivity (Wildman–Crippen MR) is 86.8 cm³/mol. The number of amides is 1. The number of halogens is 3. The van der Waals surface area contributed by atoms with Crippen molar-refractivity contribution in [1.29, 1.82) is 0 Å². The number of hydrogen-bond donors (Lipinski definition) is 2. The van der Waals surface area contributed by atoms with Gasteiger partial charge in [0.2, 0.25) is 5.91 Å². The summed E-state index contributed by atoms with van der Waals surface area (Å²) in [5.41, 5.74) is 5.20. The van der Waals surface area contributed by atoms with Gasteiger partial charge in [-0.15, -0.1) is 0 Å². The molecule has 3 N–H and O–H groups in total. The molecule has 0 unspecified atom stereocenters. The normalized spacial score (nSPS) is 16.2. The van der Waals surface area contributed by atoms with Gasteiger partial charge in [0.15, 0.2) is 0 Å². The van der Waals surface area contributed by atoms with Crippen molar-refractivity contribution in [1.82, 2.24) is 10.2 Å². The SMILES string of the molecule is NCC(=O)NCCCN1CCN(c2cccc(C(F)(F)F)c2)CC1. The van der Waals surface area contributed by atoms with Crippen LogP contribution in [0.1, 0.15) is 12.0 Å². The number of nitrogens with two attached hydrogens (primary N) is 1. The topological polar surface area (TPSA) is 61.6 Å². The molecule has 1 aromatic carbocycles.